The average Bonchev–Trinajstić information content (AvgIpc) is 2.95. The number of rotatable bonds is 7. The maximum atomic E-state index is 5.66. The predicted molar refractivity (Wildman–Crippen MR) is 65.0 cm³/mol. The van der Waals surface area contributed by atoms with Crippen molar-refractivity contribution in [1.29, 1.82) is 0 Å². The molecule has 1 fully saturated rings. The maximum absolute atomic E-state index is 5.66. The minimum absolute atomic E-state index is 0.876. The highest BCUT2D eigenvalue weighted by Gasteiger charge is 2.19. The molecule has 1 aromatic rings. The van der Waals surface area contributed by atoms with Gasteiger partial charge >= 0.3 is 0 Å². The van der Waals surface area contributed by atoms with E-state index in [1.54, 1.807) is 11.8 Å². The topological polar surface area (TPSA) is 25.2 Å². The average molecular weight is 225 g/mol. The van der Waals surface area contributed by atoms with Crippen LogP contribution in [-0.2, 0) is 12.3 Å². The highest BCUT2D eigenvalue weighted by Crippen LogP contribution is 2.31. The summed E-state index contributed by atoms with van der Waals surface area (Å²) >= 11 is 1.79. The SMILES string of the molecule is CSCc1ccc(CNCCC2CC2)o1. The van der Waals surface area contributed by atoms with E-state index >= 15 is 0 Å². The highest BCUT2D eigenvalue weighted by molar-refractivity contribution is 7.97. The van der Waals surface area contributed by atoms with Crippen molar-refractivity contribution in [2.45, 2.75) is 31.6 Å². The summed E-state index contributed by atoms with van der Waals surface area (Å²) in [5.41, 5.74) is 0. The van der Waals surface area contributed by atoms with Gasteiger partial charge in [0.05, 0.1) is 12.3 Å². The molecule has 84 valence electrons. The molecule has 1 aliphatic carbocycles. The zero-order valence-electron chi connectivity index (χ0n) is 9.29. The van der Waals surface area contributed by atoms with E-state index in [-0.39, 0.29) is 0 Å². The van der Waals surface area contributed by atoms with Crippen LogP contribution < -0.4 is 5.32 Å². The lowest BCUT2D eigenvalue weighted by molar-refractivity contribution is 0.456. The molecule has 0 atom stereocenters. The van der Waals surface area contributed by atoms with E-state index < -0.39 is 0 Å². The molecule has 0 spiro atoms. The molecule has 0 aliphatic heterocycles. The Hall–Kier alpha value is -0.410. The minimum atomic E-state index is 0.876. The first-order valence-corrected chi connectivity index (χ1v) is 7.05. The fraction of sp³-hybridized carbons (Fsp3) is 0.667. The molecule has 0 amide bonds. The van der Waals surface area contributed by atoms with Gasteiger partial charge in [-0.1, -0.05) is 12.8 Å². The van der Waals surface area contributed by atoms with Gasteiger partial charge in [-0.15, -0.1) is 0 Å². The van der Waals surface area contributed by atoms with Crippen LogP contribution in [0.4, 0.5) is 0 Å². The molecule has 0 radical (unpaired) electrons. The van der Waals surface area contributed by atoms with E-state index in [0.29, 0.717) is 0 Å². The molecule has 2 rings (SSSR count). The third-order valence-corrected chi connectivity index (χ3v) is 3.30. The Morgan fingerprint density at radius 1 is 1.40 bits per heavy atom. The van der Waals surface area contributed by atoms with Gasteiger partial charge in [-0.2, -0.15) is 11.8 Å². The molecular formula is C12H19NOS. The summed E-state index contributed by atoms with van der Waals surface area (Å²) in [6, 6.07) is 4.16. The maximum Gasteiger partial charge on any atom is 0.117 e. The number of hydrogen-bond donors (Lipinski definition) is 1. The summed E-state index contributed by atoms with van der Waals surface area (Å²) in [5.74, 6) is 4.14. The Kier molecular flexibility index (Phi) is 4.15. The third-order valence-electron chi connectivity index (χ3n) is 2.73. The smallest absolute Gasteiger partial charge is 0.117 e. The molecule has 0 unspecified atom stereocenters. The first-order chi connectivity index (χ1) is 7.38. The van der Waals surface area contributed by atoms with Crippen molar-refractivity contribution in [2.75, 3.05) is 12.8 Å². The Bertz CT molecular complexity index is 294. The third kappa shape index (κ3) is 3.92. The minimum Gasteiger partial charge on any atom is -0.464 e. The van der Waals surface area contributed by atoms with Crippen molar-refractivity contribution >= 4 is 11.8 Å². The van der Waals surface area contributed by atoms with E-state index in [0.717, 1.165) is 36.3 Å². The van der Waals surface area contributed by atoms with Crippen LogP contribution in [0, 0.1) is 5.92 Å². The lowest BCUT2D eigenvalue weighted by Crippen LogP contribution is -2.14. The lowest BCUT2D eigenvalue weighted by atomic mass is 10.3. The first kappa shape index (κ1) is 11.1. The molecule has 1 aliphatic rings. The second kappa shape index (κ2) is 5.61. The summed E-state index contributed by atoms with van der Waals surface area (Å²) < 4.78 is 5.66. The predicted octanol–water partition coefficient (Wildman–Crippen LogP) is 3.03. The van der Waals surface area contributed by atoms with E-state index in [4.69, 9.17) is 4.42 Å². The van der Waals surface area contributed by atoms with E-state index in [2.05, 4.69) is 23.7 Å². The quantitative estimate of drug-likeness (QED) is 0.722. The molecule has 2 nitrogen and oxygen atoms in total. The summed E-state index contributed by atoms with van der Waals surface area (Å²) in [6.45, 7) is 2.00. The van der Waals surface area contributed by atoms with Crippen LogP contribution in [-0.4, -0.2) is 12.8 Å². The van der Waals surface area contributed by atoms with Gasteiger partial charge in [0.15, 0.2) is 0 Å². The molecule has 1 aromatic heterocycles. The van der Waals surface area contributed by atoms with Crippen LogP contribution >= 0.6 is 11.8 Å². The zero-order valence-corrected chi connectivity index (χ0v) is 10.1. The number of nitrogens with one attached hydrogen (secondary N) is 1. The summed E-state index contributed by atoms with van der Waals surface area (Å²) in [5, 5.41) is 3.43. The van der Waals surface area contributed by atoms with E-state index in [1.807, 2.05) is 0 Å². The second-order valence-corrected chi connectivity index (χ2v) is 5.08. The van der Waals surface area contributed by atoms with Crippen molar-refractivity contribution in [3.63, 3.8) is 0 Å². The van der Waals surface area contributed by atoms with Crippen molar-refractivity contribution in [3.05, 3.63) is 23.7 Å². The van der Waals surface area contributed by atoms with Gasteiger partial charge in [0, 0.05) is 0 Å². The Morgan fingerprint density at radius 2 is 2.20 bits per heavy atom. The molecule has 0 saturated heterocycles. The van der Waals surface area contributed by atoms with Crippen molar-refractivity contribution in [3.8, 4) is 0 Å². The van der Waals surface area contributed by atoms with Crippen LogP contribution in [0.3, 0.4) is 0 Å². The van der Waals surface area contributed by atoms with E-state index in [1.165, 1.54) is 19.3 Å². The number of thioether (sulfide) groups is 1. The summed E-state index contributed by atoms with van der Waals surface area (Å²) in [6.07, 6.45) is 6.31. The Morgan fingerprint density at radius 3 is 2.93 bits per heavy atom. The monoisotopic (exact) mass is 225 g/mol. The van der Waals surface area contributed by atoms with Crippen LogP contribution in [0.2, 0.25) is 0 Å². The van der Waals surface area contributed by atoms with Gasteiger partial charge in [0.2, 0.25) is 0 Å². The van der Waals surface area contributed by atoms with Gasteiger partial charge in [0.1, 0.15) is 11.5 Å². The fourth-order valence-electron chi connectivity index (χ4n) is 1.66. The van der Waals surface area contributed by atoms with Crippen LogP contribution in [0.15, 0.2) is 16.5 Å². The fourth-order valence-corrected chi connectivity index (χ4v) is 2.10. The molecular weight excluding hydrogens is 206 g/mol. The van der Waals surface area contributed by atoms with Crippen LogP contribution in [0.5, 0.6) is 0 Å². The lowest BCUT2D eigenvalue weighted by Gasteiger charge is -2.01. The molecule has 3 heteroatoms. The molecule has 0 bridgehead atoms. The first-order valence-electron chi connectivity index (χ1n) is 5.65. The standard InChI is InChI=1S/C12H19NOS/c1-15-9-12-5-4-11(14-12)8-13-7-6-10-2-3-10/h4-5,10,13H,2-3,6-9H2,1H3. The molecule has 1 N–H and O–H groups in total. The van der Waals surface area contributed by atoms with E-state index in [9.17, 15) is 0 Å². The van der Waals surface area contributed by atoms with Gasteiger partial charge in [-0.25, -0.2) is 0 Å². The van der Waals surface area contributed by atoms with Crippen LogP contribution in [0.25, 0.3) is 0 Å². The largest absolute Gasteiger partial charge is 0.464 e. The van der Waals surface area contributed by atoms with Gasteiger partial charge in [-0.3, -0.25) is 0 Å². The van der Waals surface area contributed by atoms with Gasteiger partial charge in [-0.05, 0) is 37.3 Å². The van der Waals surface area contributed by atoms with Gasteiger partial charge < -0.3 is 9.73 Å². The molecule has 15 heavy (non-hydrogen) atoms. The molecule has 1 heterocycles. The van der Waals surface area contributed by atoms with Crippen molar-refractivity contribution < 1.29 is 4.42 Å². The highest BCUT2D eigenvalue weighted by atomic mass is 32.2. The van der Waals surface area contributed by atoms with Crippen molar-refractivity contribution in [2.24, 2.45) is 5.92 Å². The molecule has 0 aromatic carbocycles. The number of hydrogen-bond acceptors (Lipinski definition) is 3. The van der Waals surface area contributed by atoms with Crippen LogP contribution in [0.1, 0.15) is 30.8 Å². The van der Waals surface area contributed by atoms with Crippen molar-refractivity contribution in [1.82, 2.24) is 5.32 Å². The number of furan rings is 1. The second-order valence-electron chi connectivity index (χ2n) is 4.21. The molecule has 1 saturated carbocycles. The Balaban J connectivity index is 1.63. The summed E-state index contributed by atoms with van der Waals surface area (Å²) in [7, 11) is 0. The normalized spacial score (nSPS) is 15.8. The van der Waals surface area contributed by atoms with Gasteiger partial charge in [0.25, 0.3) is 0 Å². The zero-order chi connectivity index (χ0) is 10.5. The summed E-state index contributed by atoms with van der Waals surface area (Å²) in [4.78, 5) is 0. The Labute approximate surface area is 95.8 Å².